The third-order valence-corrected chi connectivity index (χ3v) is 3.81. The number of carbonyl (C=O) groups excluding carboxylic acids is 1. The van der Waals surface area contributed by atoms with Gasteiger partial charge in [0.2, 0.25) is 5.91 Å². The van der Waals surface area contributed by atoms with Crippen molar-refractivity contribution >= 4 is 5.91 Å². The number of rotatable bonds is 4. The summed E-state index contributed by atoms with van der Waals surface area (Å²) in [6, 6.07) is -0.358. The maximum Gasteiger partial charge on any atom is 0.242 e. The smallest absolute Gasteiger partial charge is 0.242 e. The third-order valence-electron chi connectivity index (χ3n) is 3.81. The Bertz CT molecular complexity index is 282. The average molecular weight is 257 g/mol. The second-order valence-corrected chi connectivity index (χ2v) is 4.96. The van der Waals surface area contributed by atoms with Crippen LogP contribution < -0.4 is 0 Å². The number of likely N-dealkylation sites (N-methyl/N-ethyl adjacent to an activating group) is 1. The van der Waals surface area contributed by atoms with Crippen molar-refractivity contribution < 1.29 is 14.6 Å². The highest BCUT2D eigenvalue weighted by Gasteiger charge is 2.31. The Balaban J connectivity index is 1.79. The van der Waals surface area contributed by atoms with E-state index in [9.17, 15) is 9.90 Å². The molecule has 0 aromatic rings. The van der Waals surface area contributed by atoms with Crippen LogP contribution in [-0.4, -0.2) is 97.9 Å². The lowest BCUT2D eigenvalue weighted by atomic mass is 10.1. The molecule has 2 rings (SSSR count). The summed E-state index contributed by atoms with van der Waals surface area (Å²) in [6.45, 7) is 6.63. The van der Waals surface area contributed by atoms with Crippen LogP contribution in [0.3, 0.4) is 0 Å². The lowest BCUT2D eigenvalue weighted by Gasteiger charge is -2.39. The summed E-state index contributed by atoms with van der Waals surface area (Å²) >= 11 is 0. The van der Waals surface area contributed by atoms with E-state index in [0.717, 1.165) is 52.5 Å². The first-order valence-corrected chi connectivity index (χ1v) is 6.62. The number of piperazine rings is 1. The Morgan fingerprint density at radius 2 is 1.94 bits per heavy atom. The molecule has 18 heavy (non-hydrogen) atoms. The fourth-order valence-electron chi connectivity index (χ4n) is 2.47. The number of nitrogens with zero attached hydrogens (tertiary/aromatic N) is 3. The molecule has 6 heteroatoms. The van der Waals surface area contributed by atoms with Gasteiger partial charge in [0.1, 0.15) is 6.04 Å². The molecule has 0 spiro atoms. The van der Waals surface area contributed by atoms with E-state index in [1.165, 1.54) is 0 Å². The summed E-state index contributed by atoms with van der Waals surface area (Å²) in [6.07, 6.45) is 0. The molecule has 0 aromatic carbocycles. The summed E-state index contributed by atoms with van der Waals surface area (Å²) in [5.74, 6) is 0.0551. The van der Waals surface area contributed by atoms with Crippen LogP contribution in [-0.2, 0) is 9.53 Å². The predicted octanol–water partition coefficient (Wildman–Crippen LogP) is -1.55. The molecule has 2 fully saturated rings. The number of aliphatic hydroxyl groups excluding tert-OH is 1. The molecule has 2 aliphatic heterocycles. The van der Waals surface area contributed by atoms with E-state index in [0.29, 0.717) is 0 Å². The summed E-state index contributed by atoms with van der Waals surface area (Å²) in [5, 5.41) is 9.25. The first-order valence-electron chi connectivity index (χ1n) is 6.62. The van der Waals surface area contributed by atoms with Crippen LogP contribution in [0.2, 0.25) is 0 Å². The minimum atomic E-state index is -0.358. The molecule has 2 saturated heterocycles. The summed E-state index contributed by atoms with van der Waals surface area (Å²) < 4.78 is 5.30. The maximum atomic E-state index is 12.1. The van der Waals surface area contributed by atoms with Crippen molar-refractivity contribution in [2.75, 3.05) is 66.1 Å². The number of morpholine rings is 1. The number of hydrogen-bond acceptors (Lipinski definition) is 5. The van der Waals surface area contributed by atoms with Gasteiger partial charge in [-0.05, 0) is 7.05 Å². The van der Waals surface area contributed by atoms with Gasteiger partial charge in [0, 0.05) is 39.3 Å². The first kappa shape index (κ1) is 13.7. The highest BCUT2D eigenvalue weighted by atomic mass is 16.5. The molecule has 0 aliphatic carbocycles. The van der Waals surface area contributed by atoms with E-state index in [-0.39, 0.29) is 18.6 Å². The number of amides is 1. The van der Waals surface area contributed by atoms with Crippen molar-refractivity contribution in [3.63, 3.8) is 0 Å². The second-order valence-electron chi connectivity index (χ2n) is 4.96. The molecule has 104 valence electrons. The Labute approximate surface area is 108 Å². The Morgan fingerprint density at radius 3 is 2.61 bits per heavy atom. The van der Waals surface area contributed by atoms with Crippen LogP contribution in [0.4, 0.5) is 0 Å². The van der Waals surface area contributed by atoms with Gasteiger partial charge in [-0.1, -0.05) is 0 Å². The largest absolute Gasteiger partial charge is 0.394 e. The molecule has 1 amide bonds. The molecule has 2 aliphatic rings. The van der Waals surface area contributed by atoms with Crippen LogP contribution in [0.15, 0.2) is 0 Å². The maximum absolute atomic E-state index is 12.1. The zero-order chi connectivity index (χ0) is 13.0. The van der Waals surface area contributed by atoms with E-state index in [1.807, 2.05) is 16.8 Å². The molecule has 1 N–H and O–H groups in total. The number of ether oxygens (including phenoxy) is 1. The third kappa shape index (κ3) is 3.20. The number of hydrogen-bond donors (Lipinski definition) is 1. The van der Waals surface area contributed by atoms with Crippen molar-refractivity contribution in [1.29, 1.82) is 0 Å². The predicted molar refractivity (Wildman–Crippen MR) is 67.3 cm³/mol. The molecule has 0 bridgehead atoms. The van der Waals surface area contributed by atoms with Gasteiger partial charge in [-0.15, -0.1) is 0 Å². The van der Waals surface area contributed by atoms with E-state index in [4.69, 9.17) is 4.74 Å². The van der Waals surface area contributed by atoms with Crippen molar-refractivity contribution in [3.8, 4) is 0 Å². The van der Waals surface area contributed by atoms with Crippen molar-refractivity contribution in [2.45, 2.75) is 6.04 Å². The van der Waals surface area contributed by atoms with Crippen LogP contribution in [0.5, 0.6) is 0 Å². The fourth-order valence-corrected chi connectivity index (χ4v) is 2.47. The van der Waals surface area contributed by atoms with Gasteiger partial charge in [-0.2, -0.15) is 0 Å². The standard InChI is InChI=1S/C12H23N3O3/c1-13-2-4-15(12(17)11(13)10-16)5-3-14-6-8-18-9-7-14/h11,16H,2-10H2,1H3. The zero-order valence-electron chi connectivity index (χ0n) is 11.0. The Kier molecular flexibility index (Phi) is 4.94. The van der Waals surface area contributed by atoms with Crippen LogP contribution >= 0.6 is 0 Å². The quantitative estimate of drug-likeness (QED) is 0.661. The van der Waals surface area contributed by atoms with E-state index in [1.54, 1.807) is 0 Å². The minimum absolute atomic E-state index is 0.0551. The van der Waals surface area contributed by atoms with Crippen molar-refractivity contribution in [1.82, 2.24) is 14.7 Å². The molecular weight excluding hydrogens is 234 g/mol. The van der Waals surface area contributed by atoms with Crippen LogP contribution in [0.25, 0.3) is 0 Å². The lowest BCUT2D eigenvalue weighted by Crippen LogP contribution is -2.58. The van der Waals surface area contributed by atoms with Gasteiger partial charge in [0.25, 0.3) is 0 Å². The molecule has 1 unspecified atom stereocenters. The van der Waals surface area contributed by atoms with E-state index in [2.05, 4.69) is 4.90 Å². The molecule has 2 heterocycles. The molecule has 1 atom stereocenters. The van der Waals surface area contributed by atoms with Crippen molar-refractivity contribution in [3.05, 3.63) is 0 Å². The first-order chi connectivity index (χ1) is 8.72. The second kappa shape index (κ2) is 6.47. The normalized spacial score (nSPS) is 27.8. The van der Waals surface area contributed by atoms with Gasteiger partial charge in [-0.3, -0.25) is 14.6 Å². The van der Waals surface area contributed by atoms with Gasteiger partial charge in [0.15, 0.2) is 0 Å². The molecule has 0 saturated carbocycles. The van der Waals surface area contributed by atoms with Gasteiger partial charge in [0.05, 0.1) is 19.8 Å². The molecule has 0 aromatic heterocycles. The van der Waals surface area contributed by atoms with Crippen LogP contribution in [0.1, 0.15) is 0 Å². The summed E-state index contributed by atoms with van der Waals surface area (Å²) in [7, 11) is 1.89. The van der Waals surface area contributed by atoms with Gasteiger partial charge in [-0.25, -0.2) is 0 Å². The SMILES string of the molecule is CN1CCN(CCN2CCOCC2)C(=O)C1CO. The lowest BCUT2D eigenvalue weighted by molar-refractivity contribution is -0.142. The Hall–Kier alpha value is -0.690. The van der Waals surface area contributed by atoms with Crippen LogP contribution in [0, 0.1) is 0 Å². The van der Waals surface area contributed by atoms with Gasteiger partial charge >= 0.3 is 0 Å². The number of aliphatic hydroxyl groups is 1. The topological polar surface area (TPSA) is 56.2 Å². The molecular formula is C12H23N3O3. The molecule has 0 radical (unpaired) electrons. The summed E-state index contributed by atoms with van der Waals surface area (Å²) in [4.78, 5) is 18.2. The minimum Gasteiger partial charge on any atom is -0.394 e. The Morgan fingerprint density at radius 1 is 1.22 bits per heavy atom. The zero-order valence-corrected chi connectivity index (χ0v) is 11.0. The average Bonchev–Trinajstić information content (AvgIpc) is 2.40. The summed E-state index contributed by atoms with van der Waals surface area (Å²) in [5.41, 5.74) is 0. The fraction of sp³-hybridized carbons (Fsp3) is 0.917. The van der Waals surface area contributed by atoms with E-state index >= 15 is 0 Å². The monoisotopic (exact) mass is 257 g/mol. The number of carbonyl (C=O) groups is 1. The van der Waals surface area contributed by atoms with E-state index < -0.39 is 0 Å². The van der Waals surface area contributed by atoms with Crippen molar-refractivity contribution in [2.24, 2.45) is 0 Å². The highest BCUT2D eigenvalue weighted by molar-refractivity contribution is 5.82. The highest BCUT2D eigenvalue weighted by Crippen LogP contribution is 2.09. The molecule has 6 nitrogen and oxygen atoms in total. The van der Waals surface area contributed by atoms with Gasteiger partial charge < -0.3 is 14.7 Å².